The third kappa shape index (κ3) is 3.32. The van der Waals surface area contributed by atoms with Crippen LogP contribution in [-0.4, -0.2) is 36.0 Å². The molecule has 1 aliphatic rings. The fraction of sp³-hybridized carbons (Fsp3) is 0.500. The van der Waals surface area contributed by atoms with Crippen LogP contribution in [0.3, 0.4) is 0 Å². The highest BCUT2D eigenvalue weighted by atomic mass is 32.2. The summed E-state index contributed by atoms with van der Waals surface area (Å²) in [7, 11) is -3.45. The second-order valence-electron chi connectivity index (χ2n) is 6.11. The zero-order chi connectivity index (χ0) is 16.6. The molecule has 0 radical (unpaired) electrons. The number of nitrogens with zero attached hydrogens (tertiary/aromatic N) is 3. The Bertz CT molecular complexity index is 814. The number of hydrogen-bond acceptors (Lipinski definition) is 5. The third-order valence-corrected chi connectivity index (χ3v) is 7.25. The van der Waals surface area contributed by atoms with Gasteiger partial charge in [-0.2, -0.15) is 4.31 Å². The lowest BCUT2D eigenvalue weighted by Gasteiger charge is -2.30. The SMILES string of the molecule is Cc1nnc([C@H]2CCCN(S(=O)(=O)c3ccc(C)c(C)c3)C2)s1. The van der Waals surface area contributed by atoms with Gasteiger partial charge < -0.3 is 0 Å². The predicted molar refractivity (Wildman–Crippen MR) is 91.3 cm³/mol. The van der Waals surface area contributed by atoms with Gasteiger partial charge in [0.1, 0.15) is 10.0 Å². The van der Waals surface area contributed by atoms with Gasteiger partial charge >= 0.3 is 0 Å². The lowest BCUT2D eigenvalue weighted by Crippen LogP contribution is -2.39. The van der Waals surface area contributed by atoms with E-state index in [1.807, 2.05) is 26.8 Å². The summed E-state index contributed by atoms with van der Waals surface area (Å²) in [6, 6.07) is 5.34. The van der Waals surface area contributed by atoms with Crippen molar-refractivity contribution in [1.82, 2.24) is 14.5 Å². The Balaban J connectivity index is 1.86. The molecule has 1 aromatic carbocycles. The van der Waals surface area contributed by atoms with E-state index in [0.717, 1.165) is 34.0 Å². The monoisotopic (exact) mass is 351 g/mol. The van der Waals surface area contributed by atoms with Gasteiger partial charge in [0.25, 0.3) is 0 Å². The zero-order valence-corrected chi connectivity index (χ0v) is 15.2. The van der Waals surface area contributed by atoms with E-state index >= 15 is 0 Å². The van der Waals surface area contributed by atoms with Crippen LogP contribution in [0.15, 0.2) is 23.1 Å². The van der Waals surface area contributed by atoms with Crippen LogP contribution in [0.5, 0.6) is 0 Å². The van der Waals surface area contributed by atoms with Crippen molar-refractivity contribution in [3.8, 4) is 0 Å². The first-order valence-corrected chi connectivity index (χ1v) is 10.0. The Kier molecular flexibility index (Phi) is 4.53. The minimum absolute atomic E-state index is 0.149. The van der Waals surface area contributed by atoms with Gasteiger partial charge in [-0.25, -0.2) is 8.42 Å². The number of rotatable bonds is 3. The number of aryl methyl sites for hydroxylation is 3. The average molecular weight is 351 g/mol. The standard InChI is InChI=1S/C16H21N3O2S2/c1-11-6-7-15(9-12(11)2)23(20,21)19-8-4-5-14(10-19)16-18-17-13(3)22-16/h6-7,9,14H,4-5,8,10H2,1-3H3/t14-/m0/s1. The van der Waals surface area contributed by atoms with Crippen LogP contribution in [0.4, 0.5) is 0 Å². The molecule has 1 atom stereocenters. The summed E-state index contributed by atoms with van der Waals surface area (Å²) < 4.78 is 27.5. The number of hydrogen-bond donors (Lipinski definition) is 0. The molecule has 2 heterocycles. The molecule has 1 aliphatic heterocycles. The largest absolute Gasteiger partial charge is 0.243 e. The van der Waals surface area contributed by atoms with Crippen molar-refractivity contribution in [3.05, 3.63) is 39.3 Å². The van der Waals surface area contributed by atoms with E-state index in [0.29, 0.717) is 18.0 Å². The van der Waals surface area contributed by atoms with Gasteiger partial charge in [0, 0.05) is 19.0 Å². The maximum atomic E-state index is 12.9. The highest BCUT2D eigenvalue weighted by Gasteiger charge is 2.32. The van der Waals surface area contributed by atoms with E-state index in [4.69, 9.17) is 0 Å². The second-order valence-corrected chi connectivity index (χ2v) is 9.26. The highest BCUT2D eigenvalue weighted by molar-refractivity contribution is 7.89. The van der Waals surface area contributed by atoms with Crippen LogP contribution >= 0.6 is 11.3 Å². The molecule has 0 saturated carbocycles. The number of piperidine rings is 1. The molecule has 0 unspecified atom stereocenters. The molecule has 1 fully saturated rings. The second kappa shape index (κ2) is 6.30. The Morgan fingerprint density at radius 3 is 2.61 bits per heavy atom. The number of sulfonamides is 1. The highest BCUT2D eigenvalue weighted by Crippen LogP contribution is 2.32. The lowest BCUT2D eigenvalue weighted by atomic mass is 10.0. The molecule has 124 valence electrons. The molecule has 1 saturated heterocycles. The van der Waals surface area contributed by atoms with Gasteiger partial charge in [-0.3, -0.25) is 0 Å². The van der Waals surface area contributed by atoms with Crippen molar-refractivity contribution in [2.24, 2.45) is 0 Å². The van der Waals surface area contributed by atoms with E-state index < -0.39 is 10.0 Å². The Morgan fingerprint density at radius 1 is 1.17 bits per heavy atom. The average Bonchev–Trinajstić information content (AvgIpc) is 2.96. The first kappa shape index (κ1) is 16.5. The Hall–Kier alpha value is -1.31. The topological polar surface area (TPSA) is 63.2 Å². The van der Waals surface area contributed by atoms with E-state index in [1.165, 1.54) is 0 Å². The van der Waals surface area contributed by atoms with Gasteiger partial charge in [0.05, 0.1) is 4.90 Å². The van der Waals surface area contributed by atoms with E-state index in [1.54, 1.807) is 27.8 Å². The molecule has 3 rings (SSSR count). The smallest absolute Gasteiger partial charge is 0.207 e. The Labute approximate surface area is 141 Å². The van der Waals surface area contributed by atoms with E-state index in [9.17, 15) is 8.42 Å². The number of aromatic nitrogens is 2. The normalized spacial score (nSPS) is 19.9. The van der Waals surface area contributed by atoms with Crippen LogP contribution in [0.25, 0.3) is 0 Å². The molecule has 0 aliphatic carbocycles. The summed E-state index contributed by atoms with van der Waals surface area (Å²) in [5.41, 5.74) is 2.10. The minimum Gasteiger partial charge on any atom is -0.207 e. The van der Waals surface area contributed by atoms with Crippen LogP contribution in [0.1, 0.15) is 39.9 Å². The summed E-state index contributed by atoms with van der Waals surface area (Å²) >= 11 is 1.56. The van der Waals surface area contributed by atoms with Crippen molar-refractivity contribution < 1.29 is 8.42 Å². The molecule has 23 heavy (non-hydrogen) atoms. The van der Waals surface area contributed by atoms with Crippen molar-refractivity contribution in [2.45, 2.75) is 44.4 Å². The molecule has 5 nitrogen and oxygen atoms in total. The van der Waals surface area contributed by atoms with Gasteiger partial charge in [-0.15, -0.1) is 21.5 Å². The molecule has 0 amide bonds. The summed E-state index contributed by atoms with van der Waals surface area (Å²) in [6.45, 7) is 6.92. The molecule has 1 aromatic heterocycles. The van der Waals surface area contributed by atoms with E-state index in [2.05, 4.69) is 10.2 Å². The van der Waals surface area contributed by atoms with Crippen LogP contribution in [-0.2, 0) is 10.0 Å². The van der Waals surface area contributed by atoms with Gasteiger partial charge in [-0.05, 0) is 56.9 Å². The van der Waals surface area contributed by atoms with Crippen molar-refractivity contribution in [2.75, 3.05) is 13.1 Å². The molecule has 2 aromatic rings. The molecule has 0 N–H and O–H groups in total. The summed E-state index contributed by atoms with van der Waals surface area (Å²) in [4.78, 5) is 0.384. The summed E-state index contributed by atoms with van der Waals surface area (Å²) in [5, 5.41) is 10.1. The predicted octanol–water partition coefficient (Wildman–Crippen LogP) is 3.03. The van der Waals surface area contributed by atoms with Gasteiger partial charge in [0.2, 0.25) is 10.0 Å². The fourth-order valence-electron chi connectivity index (χ4n) is 2.86. The molecule has 7 heteroatoms. The zero-order valence-electron chi connectivity index (χ0n) is 13.6. The summed E-state index contributed by atoms with van der Waals surface area (Å²) in [5.74, 6) is 0.149. The van der Waals surface area contributed by atoms with Crippen LogP contribution in [0.2, 0.25) is 0 Å². The van der Waals surface area contributed by atoms with Crippen molar-refractivity contribution in [3.63, 3.8) is 0 Å². The maximum Gasteiger partial charge on any atom is 0.243 e. The molecule has 0 spiro atoms. The van der Waals surface area contributed by atoms with Crippen LogP contribution < -0.4 is 0 Å². The molecular formula is C16H21N3O2S2. The number of benzene rings is 1. The Morgan fingerprint density at radius 2 is 1.96 bits per heavy atom. The van der Waals surface area contributed by atoms with Crippen molar-refractivity contribution in [1.29, 1.82) is 0 Å². The molecule has 0 bridgehead atoms. The van der Waals surface area contributed by atoms with E-state index in [-0.39, 0.29) is 5.92 Å². The van der Waals surface area contributed by atoms with Crippen molar-refractivity contribution >= 4 is 21.4 Å². The first-order valence-electron chi connectivity index (χ1n) is 7.75. The fourth-order valence-corrected chi connectivity index (χ4v) is 5.30. The summed E-state index contributed by atoms with van der Waals surface area (Å²) in [6.07, 6.45) is 1.82. The first-order chi connectivity index (χ1) is 10.9. The minimum atomic E-state index is -3.45. The quantitative estimate of drug-likeness (QED) is 0.853. The van der Waals surface area contributed by atoms with Gasteiger partial charge in [-0.1, -0.05) is 6.07 Å². The molecular weight excluding hydrogens is 330 g/mol. The maximum absolute atomic E-state index is 12.9. The lowest BCUT2D eigenvalue weighted by molar-refractivity contribution is 0.314. The third-order valence-electron chi connectivity index (χ3n) is 4.39. The van der Waals surface area contributed by atoms with Crippen LogP contribution in [0, 0.1) is 20.8 Å². The van der Waals surface area contributed by atoms with Gasteiger partial charge in [0.15, 0.2) is 0 Å².